The van der Waals surface area contributed by atoms with Crippen LogP contribution in [0.1, 0.15) is 11.9 Å². The highest BCUT2D eigenvalue weighted by molar-refractivity contribution is 5.27. The maximum absolute atomic E-state index is 11.8. The maximum Gasteiger partial charge on any atom is 0.573 e. The van der Waals surface area contributed by atoms with E-state index in [9.17, 15) is 13.2 Å². The number of methoxy groups -OCH3 is 1. The Morgan fingerprint density at radius 3 is 2.13 bits per heavy atom. The first-order valence-electron chi connectivity index (χ1n) is 3.99. The molecule has 0 radical (unpaired) electrons. The van der Waals surface area contributed by atoms with E-state index in [2.05, 4.69) is 9.47 Å². The van der Waals surface area contributed by atoms with Crippen molar-refractivity contribution in [2.45, 2.75) is 12.7 Å². The first-order chi connectivity index (χ1) is 6.92. The van der Waals surface area contributed by atoms with Gasteiger partial charge in [-0.2, -0.15) is 0 Å². The highest BCUT2D eigenvalue weighted by Crippen LogP contribution is 2.24. The SMILES string of the molecule is COC(O)c1ccc(OC(F)(F)F)cc1. The van der Waals surface area contributed by atoms with Gasteiger partial charge in [0, 0.05) is 12.7 Å². The standard InChI is InChI=1S/C9H9F3O3/c1-14-8(13)6-2-4-7(5-3-6)15-9(10,11)12/h2-5,8,13H,1H3. The molecule has 1 aromatic carbocycles. The summed E-state index contributed by atoms with van der Waals surface area (Å²) in [6.45, 7) is 0. The summed E-state index contributed by atoms with van der Waals surface area (Å²) < 4.78 is 43.5. The number of aliphatic hydroxyl groups is 1. The molecule has 0 aliphatic rings. The molecule has 0 saturated carbocycles. The van der Waals surface area contributed by atoms with Crippen LogP contribution in [0.15, 0.2) is 24.3 Å². The van der Waals surface area contributed by atoms with Crippen molar-refractivity contribution >= 4 is 0 Å². The molecule has 0 aliphatic carbocycles. The summed E-state index contributed by atoms with van der Waals surface area (Å²) in [4.78, 5) is 0. The van der Waals surface area contributed by atoms with Gasteiger partial charge in [-0.25, -0.2) is 0 Å². The number of hydrogen-bond donors (Lipinski definition) is 1. The number of aliphatic hydroxyl groups excluding tert-OH is 1. The highest BCUT2D eigenvalue weighted by atomic mass is 19.4. The largest absolute Gasteiger partial charge is 0.573 e. The second-order valence-electron chi connectivity index (χ2n) is 2.70. The third-order valence-electron chi connectivity index (χ3n) is 1.62. The second-order valence-corrected chi connectivity index (χ2v) is 2.70. The molecule has 1 unspecified atom stereocenters. The van der Waals surface area contributed by atoms with Crippen LogP contribution in [0.4, 0.5) is 13.2 Å². The Kier molecular flexibility index (Phi) is 3.54. The van der Waals surface area contributed by atoms with Crippen molar-refractivity contribution in [1.82, 2.24) is 0 Å². The van der Waals surface area contributed by atoms with Gasteiger partial charge in [0.2, 0.25) is 0 Å². The minimum absolute atomic E-state index is 0.338. The monoisotopic (exact) mass is 222 g/mol. The van der Waals surface area contributed by atoms with Crippen LogP contribution in [-0.2, 0) is 4.74 Å². The van der Waals surface area contributed by atoms with Gasteiger partial charge in [0.05, 0.1) is 0 Å². The third kappa shape index (κ3) is 3.77. The van der Waals surface area contributed by atoms with Gasteiger partial charge in [-0.1, -0.05) is 12.1 Å². The molecule has 84 valence electrons. The summed E-state index contributed by atoms with van der Waals surface area (Å²) >= 11 is 0. The van der Waals surface area contributed by atoms with Crippen molar-refractivity contribution in [3.8, 4) is 5.75 Å². The molecule has 3 nitrogen and oxygen atoms in total. The third-order valence-corrected chi connectivity index (χ3v) is 1.62. The highest BCUT2D eigenvalue weighted by Gasteiger charge is 2.30. The minimum atomic E-state index is -4.71. The molecule has 1 rings (SSSR count). The van der Waals surface area contributed by atoms with Crippen LogP contribution in [0.2, 0.25) is 0 Å². The summed E-state index contributed by atoms with van der Waals surface area (Å²) in [7, 11) is 1.28. The predicted octanol–water partition coefficient (Wildman–Crippen LogP) is 2.22. The van der Waals surface area contributed by atoms with E-state index >= 15 is 0 Å². The summed E-state index contributed by atoms with van der Waals surface area (Å²) in [5, 5.41) is 9.17. The van der Waals surface area contributed by atoms with E-state index in [4.69, 9.17) is 5.11 Å². The molecule has 0 heterocycles. The number of alkyl halides is 3. The van der Waals surface area contributed by atoms with Gasteiger partial charge < -0.3 is 14.6 Å². The van der Waals surface area contributed by atoms with Gasteiger partial charge in [0.15, 0.2) is 6.29 Å². The molecule has 0 spiro atoms. The van der Waals surface area contributed by atoms with Crippen LogP contribution in [0.25, 0.3) is 0 Å². The molecule has 1 atom stereocenters. The number of halogens is 3. The van der Waals surface area contributed by atoms with E-state index in [1.165, 1.54) is 19.2 Å². The average Bonchev–Trinajstić information content (AvgIpc) is 2.15. The molecular weight excluding hydrogens is 213 g/mol. The van der Waals surface area contributed by atoms with E-state index in [0.29, 0.717) is 5.56 Å². The van der Waals surface area contributed by atoms with Crippen molar-refractivity contribution in [3.05, 3.63) is 29.8 Å². The van der Waals surface area contributed by atoms with Crippen molar-refractivity contribution in [2.24, 2.45) is 0 Å². The van der Waals surface area contributed by atoms with Crippen LogP contribution in [-0.4, -0.2) is 18.6 Å². The molecule has 0 fully saturated rings. The second kappa shape index (κ2) is 4.50. The zero-order valence-electron chi connectivity index (χ0n) is 7.78. The first-order valence-corrected chi connectivity index (χ1v) is 3.99. The quantitative estimate of drug-likeness (QED) is 0.797. The van der Waals surface area contributed by atoms with E-state index in [1.54, 1.807) is 0 Å². The molecule has 1 N–H and O–H groups in total. The average molecular weight is 222 g/mol. The summed E-state index contributed by atoms with van der Waals surface area (Å²) in [5.41, 5.74) is 0.354. The van der Waals surface area contributed by atoms with E-state index < -0.39 is 12.7 Å². The summed E-state index contributed by atoms with van der Waals surface area (Å²) in [6.07, 6.45) is -5.86. The molecular formula is C9H9F3O3. The summed E-state index contributed by atoms with van der Waals surface area (Å²) in [5.74, 6) is -0.338. The Morgan fingerprint density at radius 2 is 1.73 bits per heavy atom. The fourth-order valence-electron chi connectivity index (χ4n) is 0.970. The smallest absolute Gasteiger partial charge is 0.406 e. The van der Waals surface area contributed by atoms with Gasteiger partial charge in [0.1, 0.15) is 5.75 Å². The minimum Gasteiger partial charge on any atom is -0.406 e. The van der Waals surface area contributed by atoms with Gasteiger partial charge >= 0.3 is 6.36 Å². The number of benzene rings is 1. The Hall–Kier alpha value is -1.27. The maximum atomic E-state index is 11.8. The van der Waals surface area contributed by atoms with Crippen LogP contribution >= 0.6 is 0 Å². The van der Waals surface area contributed by atoms with Crippen molar-refractivity contribution in [2.75, 3.05) is 7.11 Å². The van der Waals surface area contributed by atoms with Crippen LogP contribution in [0, 0.1) is 0 Å². The Labute approximate surface area is 84.0 Å². The fraction of sp³-hybridized carbons (Fsp3) is 0.333. The van der Waals surface area contributed by atoms with E-state index in [1.807, 2.05) is 0 Å². The van der Waals surface area contributed by atoms with Crippen LogP contribution in [0.3, 0.4) is 0 Å². The Bertz CT molecular complexity index is 307. The van der Waals surface area contributed by atoms with Gasteiger partial charge in [-0.15, -0.1) is 13.2 Å². The molecule has 0 amide bonds. The molecule has 6 heteroatoms. The van der Waals surface area contributed by atoms with Crippen molar-refractivity contribution in [3.63, 3.8) is 0 Å². The Morgan fingerprint density at radius 1 is 1.20 bits per heavy atom. The van der Waals surface area contributed by atoms with Crippen LogP contribution in [0.5, 0.6) is 5.75 Å². The summed E-state index contributed by atoms with van der Waals surface area (Å²) in [6, 6.07) is 4.78. The van der Waals surface area contributed by atoms with Gasteiger partial charge in [0.25, 0.3) is 0 Å². The lowest BCUT2D eigenvalue weighted by molar-refractivity contribution is -0.274. The normalized spacial score (nSPS) is 13.7. The molecule has 0 aliphatic heterocycles. The predicted molar refractivity (Wildman–Crippen MR) is 45.1 cm³/mol. The first kappa shape index (κ1) is 11.8. The molecule has 0 bridgehead atoms. The topological polar surface area (TPSA) is 38.7 Å². The fourth-order valence-corrected chi connectivity index (χ4v) is 0.970. The molecule has 0 saturated heterocycles. The van der Waals surface area contributed by atoms with Crippen molar-refractivity contribution in [1.29, 1.82) is 0 Å². The number of rotatable bonds is 3. The lowest BCUT2D eigenvalue weighted by Gasteiger charge is -2.11. The molecule has 1 aromatic rings. The van der Waals surface area contributed by atoms with E-state index in [0.717, 1.165) is 12.1 Å². The lowest BCUT2D eigenvalue weighted by Crippen LogP contribution is -2.17. The van der Waals surface area contributed by atoms with Gasteiger partial charge in [-0.3, -0.25) is 0 Å². The number of ether oxygens (including phenoxy) is 2. The van der Waals surface area contributed by atoms with Gasteiger partial charge in [-0.05, 0) is 12.1 Å². The number of hydrogen-bond acceptors (Lipinski definition) is 3. The molecule has 15 heavy (non-hydrogen) atoms. The Balaban J connectivity index is 2.72. The zero-order chi connectivity index (χ0) is 11.5. The van der Waals surface area contributed by atoms with Crippen LogP contribution < -0.4 is 4.74 Å². The van der Waals surface area contributed by atoms with E-state index in [-0.39, 0.29) is 5.75 Å². The molecule has 0 aromatic heterocycles. The van der Waals surface area contributed by atoms with Crippen molar-refractivity contribution < 1.29 is 27.8 Å². The lowest BCUT2D eigenvalue weighted by atomic mass is 10.2. The zero-order valence-corrected chi connectivity index (χ0v) is 7.78.